The standard InChI is InChI=1S/C23H26FN9O3/c1-26-18(34)17-14(7-15(29-30-17)23(19(25)35)9-21(23)5-6-21)27-20-28-16-4-3-13(8-33(16)31-20)32-10-22(24,11-32)12-36-2/h3-4,7-8H,5-6,9-12H2,1-2H3,(H2,25,35)(H,26,34)(H,27,29,31)/t23-/m1/s1. The van der Waals surface area contributed by atoms with Crippen LogP contribution in [0.5, 0.6) is 0 Å². The Labute approximate surface area is 205 Å². The number of rotatable bonds is 8. The van der Waals surface area contributed by atoms with E-state index in [0.717, 1.165) is 18.5 Å². The van der Waals surface area contributed by atoms with E-state index in [1.165, 1.54) is 14.2 Å². The molecule has 2 saturated carbocycles. The van der Waals surface area contributed by atoms with Crippen LogP contribution in [0.25, 0.3) is 5.65 Å². The van der Waals surface area contributed by atoms with Gasteiger partial charge in [0.25, 0.3) is 5.91 Å². The molecule has 1 aliphatic heterocycles. The third-order valence-corrected chi connectivity index (χ3v) is 7.61. The molecule has 0 bridgehead atoms. The molecule has 1 saturated heterocycles. The van der Waals surface area contributed by atoms with Gasteiger partial charge in [-0.15, -0.1) is 10.2 Å². The Morgan fingerprint density at radius 1 is 1.25 bits per heavy atom. The number of pyridine rings is 1. The van der Waals surface area contributed by atoms with Crippen LogP contribution >= 0.6 is 0 Å². The van der Waals surface area contributed by atoms with E-state index in [2.05, 4.69) is 30.9 Å². The minimum atomic E-state index is -1.36. The van der Waals surface area contributed by atoms with Gasteiger partial charge in [0.15, 0.2) is 17.0 Å². The Balaban J connectivity index is 1.30. The zero-order valence-corrected chi connectivity index (χ0v) is 19.9. The first-order chi connectivity index (χ1) is 17.2. The number of ether oxygens (including phenoxy) is 1. The number of aromatic nitrogens is 5. The molecule has 188 valence electrons. The van der Waals surface area contributed by atoms with E-state index in [1.54, 1.807) is 22.8 Å². The predicted octanol–water partition coefficient (Wildman–Crippen LogP) is 0.704. The van der Waals surface area contributed by atoms with Crippen molar-refractivity contribution in [1.82, 2.24) is 30.1 Å². The Kier molecular flexibility index (Phi) is 4.74. The predicted molar refractivity (Wildman–Crippen MR) is 127 cm³/mol. The van der Waals surface area contributed by atoms with Gasteiger partial charge in [0.2, 0.25) is 11.9 Å². The molecule has 4 heterocycles. The Hall–Kier alpha value is -3.87. The number of hydrogen-bond donors (Lipinski definition) is 3. The average molecular weight is 496 g/mol. The smallest absolute Gasteiger partial charge is 0.273 e. The average Bonchev–Trinajstić information content (AvgIpc) is 3.72. The highest BCUT2D eigenvalue weighted by molar-refractivity contribution is 5.98. The number of carbonyl (C=O) groups excluding carboxylic acids is 2. The molecule has 13 heteroatoms. The summed E-state index contributed by atoms with van der Waals surface area (Å²) in [5.41, 5.74) is 5.60. The van der Waals surface area contributed by atoms with Crippen molar-refractivity contribution in [3.8, 4) is 0 Å². The van der Waals surface area contributed by atoms with E-state index in [0.29, 0.717) is 23.4 Å². The van der Waals surface area contributed by atoms with Crippen molar-refractivity contribution in [2.24, 2.45) is 11.1 Å². The summed E-state index contributed by atoms with van der Waals surface area (Å²) in [5, 5.41) is 18.4. The molecule has 2 aliphatic carbocycles. The molecule has 3 aromatic heterocycles. The second kappa shape index (κ2) is 7.56. The Morgan fingerprint density at radius 2 is 2.03 bits per heavy atom. The van der Waals surface area contributed by atoms with Crippen molar-refractivity contribution in [3.05, 3.63) is 35.8 Å². The highest BCUT2D eigenvalue weighted by atomic mass is 19.1. The fourth-order valence-corrected chi connectivity index (χ4v) is 5.44. The zero-order chi connectivity index (χ0) is 25.3. The van der Waals surface area contributed by atoms with E-state index in [1.807, 2.05) is 11.0 Å². The van der Waals surface area contributed by atoms with Crippen LogP contribution in [0.4, 0.5) is 21.7 Å². The van der Waals surface area contributed by atoms with Gasteiger partial charge in [-0.25, -0.2) is 8.91 Å². The lowest BCUT2D eigenvalue weighted by Crippen LogP contribution is -2.61. The number of halogens is 1. The molecule has 0 radical (unpaired) electrons. The van der Waals surface area contributed by atoms with Crippen molar-refractivity contribution < 1.29 is 18.7 Å². The highest BCUT2D eigenvalue weighted by Crippen LogP contribution is 2.78. The molecule has 4 N–H and O–H groups in total. The maximum Gasteiger partial charge on any atom is 0.273 e. The normalized spacial score (nSPS) is 22.8. The summed E-state index contributed by atoms with van der Waals surface area (Å²) in [5.74, 6) is -0.652. The third-order valence-electron chi connectivity index (χ3n) is 7.61. The second-order valence-electron chi connectivity index (χ2n) is 9.99. The summed E-state index contributed by atoms with van der Waals surface area (Å²) < 4.78 is 21.0. The highest BCUT2D eigenvalue weighted by Gasteiger charge is 2.78. The number of carbonyl (C=O) groups is 2. The van der Waals surface area contributed by atoms with Crippen molar-refractivity contribution in [3.63, 3.8) is 0 Å². The fraction of sp³-hybridized carbons (Fsp3) is 0.478. The summed E-state index contributed by atoms with van der Waals surface area (Å²) in [4.78, 5) is 31.2. The zero-order valence-electron chi connectivity index (χ0n) is 19.9. The van der Waals surface area contributed by atoms with E-state index in [4.69, 9.17) is 10.5 Å². The molecule has 1 atom stereocenters. The van der Waals surface area contributed by atoms with E-state index < -0.39 is 22.9 Å². The van der Waals surface area contributed by atoms with Gasteiger partial charge in [-0.05, 0) is 42.9 Å². The van der Waals surface area contributed by atoms with E-state index >= 15 is 0 Å². The lowest BCUT2D eigenvalue weighted by Gasteiger charge is -2.45. The van der Waals surface area contributed by atoms with Crippen molar-refractivity contribution in [2.75, 3.05) is 44.1 Å². The SMILES string of the molecule is CNC(=O)c1nnc([C@@]2(C(N)=O)CC23CC3)cc1Nc1nc2ccc(N3CC(F)(COC)C3)cn2n1. The van der Waals surface area contributed by atoms with Crippen LogP contribution in [0.1, 0.15) is 35.4 Å². The van der Waals surface area contributed by atoms with Gasteiger partial charge < -0.3 is 26.0 Å². The molecule has 12 nitrogen and oxygen atoms in total. The lowest BCUT2D eigenvalue weighted by atomic mass is 9.96. The number of nitrogens with zero attached hydrogens (tertiary/aromatic N) is 6. The lowest BCUT2D eigenvalue weighted by molar-refractivity contribution is -0.121. The molecule has 0 aromatic carbocycles. The van der Waals surface area contributed by atoms with Crippen LogP contribution in [-0.4, -0.2) is 76.1 Å². The number of fused-ring (bicyclic) bond motifs is 1. The first-order valence-corrected chi connectivity index (χ1v) is 11.7. The van der Waals surface area contributed by atoms with Crippen molar-refractivity contribution in [2.45, 2.75) is 30.3 Å². The van der Waals surface area contributed by atoms with Gasteiger partial charge >= 0.3 is 0 Å². The van der Waals surface area contributed by atoms with E-state index in [-0.39, 0.29) is 36.8 Å². The first kappa shape index (κ1) is 22.6. The largest absolute Gasteiger partial charge is 0.381 e. The minimum Gasteiger partial charge on any atom is -0.381 e. The number of nitrogens with two attached hydrogens (primary N) is 1. The van der Waals surface area contributed by atoms with Crippen LogP contribution in [-0.2, 0) is 14.9 Å². The molecule has 1 spiro atoms. The molecule has 36 heavy (non-hydrogen) atoms. The van der Waals surface area contributed by atoms with Crippen LogP contribution in [0.15, 0.2) is 24.4 Å². The summed E-state index contributed by atoms with van der Waals surface area (Å²) in [6.07, 6.45) is 4.23. The summed E-state index contributed by atoms with van der Waals surface area (Å²) in [6, 6.07) is 5.27. The second-order valence-corrected chi connectivity index (χ2v) is 9.99. The third kappa shape index (κ3) is 3.29. The summed E-state index contributed by atoms with van der Waals surface area (Å²) in [6.45, 7) is 0.517. The monoisotopic (exact) mass is 495 g/mol. The minimum absolute atomic E-state index is 0.0453. The van der Waals surface area contributed by atoms with Crippen LogP contribution in [0, 0.1) is 5.41 Å². The van der Waals surface area contributed by atoms with Crippen LogP contribution in [0.3, 0.4) is 0 Å². The maximum absolute atomic E-state index is 14.5. The summed E-state index contributed by atoms with van der Waals surface area (Å²) in [7, 11) is 2.98. The van der Waals surface area contributed by atoms with Crippen LogP contribution in [0.2, 0.25) is 0 Å². The van der Waals surface area contributed by atoms with Gasteiger partial charge in [0, 0.05) is 14.2 Å². The van der Waals surface area contributed by atoms with Crippen LogP contribution < -0.4 is 21.3 Å². The number of hydrogen-bond acceptors (Lipinski definition) is 9. The number of alkyl halides is 1. The number of primary amides is 1. The van der Waals surface area contributed by atoms with Crippen molar-refractivity contribution >= 4 is 34.8 Å². The van der Waals surface area contributed by atoms with Gasteiger partial charge in [-0.1, -0.05) is 0 Å². The molecule has 2 amide bonds. The summed E-state index contributed by atoms with van der Waals surface area (Å²) >= 11 is 0. The Bertz CT molecular complexity index is 1400. The molecular formula is C23H26FN9O3. The molecule has 3 fully saturated rings. The molecular weight excluding hydrogens is 469 g/mol. The number of anilines is 3. The van der Waals surface area contributed by atoms with E-state index in [9.17, 15) is 14.0 Å². The fourth-order valence-electron chi connectivity index (χ4n) is 5.44. The van der Waals surface area contributed by atoms with Gasteiger partial charge in [0.1, 0.15) is 0 Å². The number of amides is 2. The molecule has 3 aliphatic rings. The van der Waals surface area contributed by atoms with Crippen molar-refractivity contribution in [1.29, 1.82) is 0 Å². The van der Waals surface area contributed by atoms with Gasteiger partial charge in [-0.2, -0.15) is 10.1 Å². The molecule has 3 aromatic rings. The molecule has 6 rings (SSSR count). The Morgan fingerprint density at radius 3 is 2.67 bits per heavy atom. The number of methoxy groups -OCH3 is 1. The van der Waals surface area contributed by atoms with Gasteiger partial charge in [0.05, 0.1) is 48.4 Å². The van der Waals surface area contributed by atoms with Gasteiger partial charge in [-0.3, -0.25) is 9.59 Å². The quantitative estimate of drug-likeness (QED) is 0.410. The maximum atomic E-state index is 14.5. The first-order valence-electron chi connectivity index (χ1n) is 11.7. The molecule has 0 unspecified atom stereocenters. The number of nitrogens with one attached hydrogen (secondary N) is 2. The topological polar surface area (TPSA) is 153 Å².